The van der Waals surface area contributed by atoms with Gasteiger partial charge in [-0.15, -0.1) is 0 Å². The molecule has 1 N–H and O–H groups in total. The van der Waals surface area contributed by atoms with Crippen LogP contribution >= 0.6 is 0 Å². The van der Waals surface area contributed by atoms with Crippen LogP contribution in [0.1, 0.15) is 27.8 Å². The quantitative estimate of drug-likeness (QED) is 0.310. The van der Waals surface area contributed by atoms with E-state index in [0.29, 0.717) is 23.3 Å². The highest BCUT2D eigenvalue weighted by molar-refractivity contribution is 5.55. The van der Waals surface area contributed by atoms with Crippen molar-refractivity contribution in [3.05, 3.63) is 89.2 Å². The van der Waals surface area contributed by atoms with Gasteiger partial charge in [-0.3, -0.25) is 0 Å². The Morgan fingerprint density at radius 1 is 0.968 bits per heavy atom. The van der Waals surface area contributed by atoms with Crippen LogP contribution in [0.3, 0.4) is 0 Å². The average Bonchev–Trinajstić information content (AvgIpc) is 2.71. The van der Waals surface area contributed by atoms with Crippen LogP contribution in [0.25, 0.3) is 6.08 Å². The topological polar surface area (TPSA) is 38.7 Å². The van der Waals surface area contributed by atoms with Crippen molar-refractivity contribution < 1.29 is 40.9 Å². The molecule has 0 heterocycles. The Morgan fingerprint density at radius 2 is 1.55 bits per heavy atom. The maximum Gasteiger partial charge on any atom is 0.416 e. The zero-order valence-corrected chi connectivity index (χ0v) is 16.4. The monoisotopic (exact) mass is 446 g/mol. The predicted molar refractivity (Wildman–Crippen MR) is 103 cm³/mol. The molecule has 1 atom stereocenters. The van der Waals surface area contributed by atoms with Gasteiger partial charge in [0.2, 0.25) is 0 Å². The third kappa shape index (κ3) is 6.35. The number of benzene rings is 2. The Bertz CT molecular complexity index is 901. The minimum absolute atomic E-state index is 0.0436. The number of aliphatic hydroxyl groups is 1. The molecule has 0 spiro atoms. The highest BCUT2D eigenvalue weighted by Crippen LogP contribution is 2.36. The Hall–Kier alpha value is -2.78. The molecule has 2 aromatic rings. The van der Waals surface area contributed by atoms with E-state index in [1.165, 1.54) is 19.4 Å². The van der Waals surface area contributed by atoms with Gasteiger partial charge in [0, 0.05) is 0 Å². The Morgan fingerprint density at radius 3 is 2.06 bits per heavy atom. The van der Waals surface area contributed by atoms with Gasteiger partial charge in [-0.2, -0.15) is 26.3 Å². The van der Waals surface area contributed by atoms with Crippen molar-refractivity contribution >= 4 is 6.08 Å². The van der Waals surface area contributed by atoms with Crippen LogP contribution in [0.5, 0.6) is 0 Å². The van der Waals surface area contributed by atoms with Gasteiger partial charge >= 0.3 is 12.4 Å². The number of hydrogen-bond donors (Lipinski definition) is 1. The number of halogens is 6. The van der Waals surface area contributed by atoms with Gasteiger partial charge in [-0.05, 0) is 41.0 Å². The molecule has 0 saturated heterocycles. The molecule has 0 aliphatic carbocycles. The molecule has 0 bridgehead atoms. The molecule has 0 radical (unpaired) electrons. The second-order valence-electron chi connectivity index (χ2n) is 6.66. The fraction of sp³-hybridized carbons (Fsp3) is 0.273. The van der Waals surface area contributed by atoms with Crippen molar-refractivity contribution in [1.82, 2.24) is 0 Å². The lowest BCUT2D eigenvalue weighted by Crippen LogP contribution is -2.30. The third-order valence-corrected chi connectivity index (χ3v) is 4.39. The molecule has 0 saturated carbocycles. The first kappa shape index (κ1) is 24.5. The van der Waals surface area contributed by atoms with Gasteiger partial charge in [-0.1, -0.05) is 36.9 Å². The summed E-state index contributed by atoms with van der Waals surface area (Å²) in [5, 5.41) is 10.9. The van der Waals surface area contributed by atoms with E-state index in [1.807, 2.05) is 0 Å². The number of ether oxygens (including phenoxy) is 2. The van der Waals surface area contributed by atoms with E-state index in [-0.39, 0.29) is 11.6 Å². The molecule has 0 fully saturated rings. The van der Waals surface area contributed by atoms with Crippen LogP contribution in [0.4, 0.5) is 26.3 Å². The van der Waals surface area contributed by atoms with Crippen molar-refractivity contribution in [2.45, 2.75) is 24.6 Å². The Labute approximate surface area is 175 Å². The molecule has 0 amide bonds. The fourth-order valence-corrected chi connectivity index (χ4v) is 2.85. The molecule has 168 valence electrons. The first-order valence-electron chi connectivity index (χ1n) is 8.91. The SMILES string of the molecule is C=CC(O)(COCc1cc(C(F)(F)F)cc(C(F)(F)F)c1)c1ccccc1/C=C/OC. The lowest BCUT2D eigenvalue weighted by molar-refractivity contribution is -0.143. The molecule has 1 unspecified atom stereocenters. The summed E-state index contributed by atoms with van der Waals surface area (Å²) in [5.74, 6) is 0. The number of methoxy groups -OCH3 is 1. The molecule has 2 rings (SSSR count). The van der Waals surface area contributed by atoms with E-state index < -0.39 is 42.3 Å². The largest absolute Gasteiger partial charge is 0.504 e. The highest BCUT2D eigenvalue weighted by Gasteiger charge is 2.37. The van der Waals surface area contributed by atoms with Crippen molar-refractivity contribution in [3.63, 3.8) is 0 Å². The second kappa shape index (κ2) is 9.57. The summed E-state index contributed by atoms with van der Waals surface area (Å²) in [7, 11) is 1.44. The molecular weight excluding hydrogens is 426 g/mol. The predicted octanol–water partition coefficient (Wildman–Crippen LogP) is 5.93. The summed E-state index contributed by atoms with van der Waals surface area (Å²) >= 11 is 0. The van der Waals surface area contributed by atoms with E-state index in [4.69, 9.17) is 9.47 Å². The van der Waals surface area contributed by atoms with E-state index in [9.17, 15) is 31.4 Å². The smallest absolute Gasteiger partial charge is 0.416 e. The van der Waals surface area contributed by atoms with Gasteiger partial charge in [0.05, 0.1) is 37.7 Å². The minimum Gasteiger partial charge on any atom is -0.504 e. The molecule has 2 aromatic carbocycles. The first-order chi connectivity index (χ1) is 14.4. The summed E-state index contributed by atoms with van der Waals surface area (Å²) in [4.78, 5) is 0. The molecule has 31 heavy (non-hydrogen) atoms. The maximum absolute atomic E-state index is 13.0. The van der Waals surface area contributed by atoms with Crippen molar-refractivity contribution in [2.75, 3.05) is 13.7 Å². The summed E-state index contributed by atoms with van der Waals surface area (Å²) in [6.07, 6.45) is -5.77. The van der Waals surface area contributed by atoms with E-state index >= 15 is 0 Å². The molecule has 9 heteroatoms. The van der Waals surface area contributed by atoms with Crippen molar-refractivity contribution in [3.8, 4) is 0 Å². The van der Waals surface area contributed by atoms with Crippen molar-refractivity contribution in [2.24, 2.45) is 0 Å². The van der Waals surface area contributed by atoms with E-state index in [2.05, 4.69) is 6.58 Å². The summed E-state index contributed by atoms with van der Waals surface area (Å²) in [6.45, 7) is 2.53. The van der Waals surface area contributed by atoms with Crippen LogP contribution in [0.2, 0.25) is 0 Å². The second-order valence-corrected chi connectivity index (χ2v) is 6.66. The van der Waals surface area contributed by atoms with Crippen molar-refractivity contribution in [1.29, 1.82) is 0 Å². The summed E-state index contributed by atoms with van der Waals surface area (Å²) in [6, 6.07) is 7.84. The minimum atomic E-state index is -4.95. The highest BCUT2D eigenvalue weighted by atomic mass is 19.4. The van der Waals surface area contributed by atoms with Crippen LogP contribution in [0, 0.1) is 0 Å². The molecule has 0 aliphatic heterocycles. The fourth-order valence-electron chi connectivity index (χ4n) is 2.85. The normalized spacial score (nSPS) is 14.5. The summed E-state index contributed by atoms with van der Waals surface area (Å²) in [5.41, 5.74) is -4.01. The first-order valence-corrected chi connectivity index (χ1v) is 8.91. The maximum atomic E-state index is 13.0. The van der Waals surface area contributed by atoms with Crippen LogP contribution in [-0.4, -0.2) is 18.8 Å². The summed E-state index contributed by atoms with van der Waals surface area (Å²) < 4.78 is 88.1. The van der Waals surface area contributed by atoms with Gasteiger partial charge in [0.1, 0.15) is 5.60 Å². The van der Waals surface area contributed by atoms with Crippen LogP contribution in [0.15, 0.2) is 61.4 Å². The van der Waals surface area contributed by atoms with Gasteiger partial charge in [0.15, 0.2) is 0 Å². The standard InChI is InChI=1S/C22H20F6O3/c1-3-20(29,19-7-5-4-6-16(19)8-9-30-2)14-31-13-15-10-17(21(23,24)25)12-18(11-15)22(26,27)28/h3-12,29H,1,13-14H2,2H3/b9-8+. The van der Waals surface area contributed by atoms with Gasteiger partial charge in [0.25, 0.3) is 0 Å². The van der Waals surface area contributed by atoms with Crippen LogP contribution < -0.4 is 0 Å². The number of alkyl halides is 6. The average molecular weight is 446 g/mol. The third-order valence-electron chi connectivity index (χ3n) is 4.39. The Balaban J connectivity index is 2.27. The van der Waals surface area contributed by atoms with E-state index in [0.717, 1.165) is 0 Å². The number of hydrogen-bond acceptors (Lipinski definition) is 3. The lowest BCUT2D eigenvalue weighted by Gasteiger charge is -2.26. The molecule has 0 aromatic heterocycles. The lowest BCUT2D eigenvalue weighted by atomic mass is 9.90. The van der Waals surface area contributed by atoms with Gasteiger partial charge < -0.3 is 14.6 Å². The molecular formula is C22H20F6O3. The molecule has 0 aliphatic rings. The van der Waals surface area contributed by atoms with Crippen LogP contribution in [-0.2, 0) is 34.0 Å². The zero-order valence-electron chi connectivity index (χ0n) is 16.4. The van der Waals surface area contributed by atoms with Gasteiger partial charge in [-0.25, -0.2) is 0 Å². The Kier molecular flexibility index (Phi) is 7.56. The zero-order chi connectivity index (χ0) is 23.3. The molecule has 3 nitrogen and oxygen atoms in total. The van der Waals surface area contributed by atoms with E-state index in [1.54, 1.807) is 30.3 Å². The number of rotatable bonds is 8.